The molecule has 0 aliphatic rings. The fourth-order valence-electron chi connectivity index (χ4n) is 1.06. The number of nitriles is 1. The Morgan fingerprint density at radius 1 is 1.64 bits per heavy atom. The second-order valence-corrected chi connectivity index (χ2v) is 3.66. The zero-order chi connectivity index (χ0) is 11.1. The highest BCUT2D eigenvalue weighted by atomic mass is 32.1. The molecule has 0 aliphatic carbocycles. The smallest absolute Gasteiger partial charge is 0.104 e. The Hall–Kier alpha value is -1.54. The maximum absolute atomic E-state index is 8.68. The lowest BCUT2D eigenvalue weighted by atomic mass is 10.1. The molecule has 0 saturated heterocycles. The zero-order valence-corrected chi connectivity index (χ0v) is 9.11. The number of hydrogen-bond acceptors (Lipinski definition) is 4. The van der Waals surface area contributed by atoms with Crippen molar-refractivity contribution < 1.29 is 0 Å². The van der Waals surface area contributed by atoms with E-state index in [-0.39, 0.29) is 0 Å². The molecule has 0 unspecified atom stereocenters. The Bertz CT molecular complexity index is 348. The summed E-state index contributed by atoms with van der Waals surface area (Å²) in [6, 6.07) is 2.10. The van der Waals surface area contributed by atoms with Crippen molar-refractivity contribution in [2.75, 3.05) is 5.73 Å². The Morgan fingerprint density at radius 3 is 2.36 bits per heavy atom. The number of anilines is 1. The first-order valence-electron chi connectivity index (χ1n) is 4.10. The monoisotopic (exact) mass is 210 g/mol. The predicted octanol–water partition coefficient (Wildman–Crippen LogP) is 1.62. The molecule has 0 bridgehead atoms. The van der Waals surface area contributed by atoms with Gasteiger partial charge in [0, 0.05) is 4.88 Å². The van der Waals surface area contributed by atoms with Crippen molar-refractivity contribution in [2.45, 2.75) is 20.3 Å². The van der Waals surface area contributed by atoms with Gasteiger partial charge in [0.1, 0.15) is 11.1 Å². The third-order valence-electron chi connectivity index (χ3n) is 1.71. The van der Waals surface area contributed by atoms with Crippen LogP contribution in [-0.4, -0.2) is 6.34 Å². The van der Waals surface area contributed by atoms with Crippen LogP contribution in [0.4, 0.5) is 5.00 Å². The molecular weight excluding hydrogens is 196 g/mol. The summed E-state index contributed by atoms with van der Waals surface area (Å²) in [7, 11) is 0. The molecule has 1 aromatic rings. The summed E-state index contributed by atoms with van der Waals surface area (Å²) in [5, 5.41) is 15.2. The van der Waals surface area contributed by atoms with Crippen molar-refractivity contribution in [3.63, 3.8) is 0 Å². The molecule has 1 heterocycles. The van der Waals surface area contributed by atoms with Crippen LogP contribution in [0, 0.1) is 23.7 Å². The van der Waals surface area contributed by atoms with Crippen molar-refractivity contribution in [1.29, 1.82) is 10.7 Å². The van der Waals surface area contributed by atoms with E-state index < -0.39 is 0 Å². The van der Waals surface area contributed by atoms with Gasteiger partial charge in [-0.2, -0.15) is 5.26 Å². The molecule has 4 nitrogen and oxygen atoms in total. The van der Waals surface area contributed by atoms with E-state index in [1.54, 1.807) is 0 Å². The summed E-state index contributed by atoms with van der Waals surface area (Å²) in [4.78, 5) is 1.22. The molecule has 1 rings (SSSR count). The van der Waals surface area contributed by atoms with Crippen molar-refractivity contribution in [1.82, 2.24) is 0 Å². The van der Waals surface area contributed by atoms with E-state index in [1.807, 2.05) is 6.92 Å². The first-order chi connectivity index (χ1) is 6.62. The Balaban J connectivity index is 0.000000500. The number of nitrogens with two attached hydrogens (primary N) is 2. The van der Waals surface area contributed by atoms with Crippen molar-refractivity contribution in [2.24, 2.45) is 5.73 Å². The molecule has 0 atom stereocenters. The van der Waals surface area contributed by atoms with E-state index in [1.165, 1.54) is 16.2 Å². The molecule has 5 heteroatoms. The van der Waals surface area contributed by atoms with Crippen LogP contribution in [0.25, 0.3) is 0 Å². The summed E-state index contributed by atoms with van der Waals surface area (Å²) < 4.78 is 0. The second kappa shape index (κ2) is 6.00. The van der Waals surface area contributed by atoms with E-state index >= 15 is 0 Å². The van der Waals surface area contributed by atoms with Crippen LogP contribution in [0.2, 0.25) is 0 Å². The quantitative estimate of drug-likeness (QED) is 0.485. The average molecular weight is 210 g/mol. The van der Waals surface area contributed by atoms with Gasteiger partial charge in [-0.25, -0.2) is 0 Å². The molecule has 0 aliphatic heterocycles. The van der Waals surface area contributed by atoms with Crippen molar-refractivity contribution >= 4 is 22.7 Å². The number of thiophene rings is 1. The number of aryl methyl sites for hydroxylation is 1. The maximum atomic E-state index is 8.68. The fraction of sp³-hybridized carbons (Fsp3) is 0.333. The lowest BCUT2D eigenvalue weighted by Crippen LogP contribution is -1.84. The summed E-state index contributed by atoms with van der Waals surface area (Å²) in [6.07, 6.45) is 1.71. The molecule has 0 fully saturated rings. The van der Waals surface area contributed by atoms with Crippen LogP contribution in [0.1, 0.15) is 22.9 Å². The van der Waals surface area contributed by atoms with Gasteiger partial charge in [0.15, 0.2) is 0 Å². The first kappa shape index (κ1) is 12.5. The second-order valence-electron chi connectivity index (χ2n) is 2.52. The lowest BCUT2D eigenvalue weighted by Gasteiger charge is -1.89. The topological polar surface area (TPSA) is 99.7 Å². The highest BCUT2D eigenvalue weighted by molar-refractivity contribution is 7.16. The lowest BCUT2D eigenvalue weighted by molar-refractivity contribution is 1.16. The van der Waals surface area contributed by atoms with Crippen LogP contribution in [0.3, 0.4) is 0 Å². The molecule has 0 spiro atoms. The molecule has 0 radical (unpaired) electrons. The molecular formula is C9H14N4S. The van der Waals surface area contributed by atoms with Gasteiger partial charge in [0.25, 0.3) is 0 Å². The molecule has 0 amide bonds. The van der Waals surface area contributed by atoms with Gasteiger partial charge in [-0.05, 0) is 18.9 Å². The van der Waals surface area contributed by atoms with E-state index in [0.717, 1.165) is 18.3 Å². The minimum atomic E-state index is 0.654. The van der Waals surface area contributed by atoms with Crippen LogP contribution in [-0.2, 0) is 6.42 Å². The van der Waals surface area contributed by atoms with Crippen LogP contribution >= 0.6 is 11.3 Å². The Morgan fingerprint density at radius 2 is 2.14 bits per heavy atom. The average Bonchev–Trinajstić information content (AvgIpc) is 2.42. The van der Waals surface area contributed by atoms with Gasteiger partial charge in [-0.1, -0.05) is 6.92 Å². The van der Waals surface area contributed by atoms with Gasteiger partial charge >= 0.3 is 0 Å². The van der Waals surface area contributed by atoms with E-state index in [9.17, 15) is 0 Å². The SMILES string of the molecule is CCc1sc(N)c(C#N)c1C.N=CN. The summed E-state index contributed by atoms with van der Waals surface area (Å²) in [5.41, 5.74) is 11.7. The van der Waals surface area contributed by atoms with Crippen LogP contribution < -0.4 is 11.5 Å². The number of hydrogen-bond donors (Lipinski definition) is 3. The van der Waals surface area contributed by atoms with E-state index in [2.05, 4.69) is 18.7 Å². The molecule has 76 valence electrons. The molecule has 14 heavy (non-hydrogen) atoms. The number of nitrogen functional groups attached to an aromatic ring is 1. The first-order valence-corrected chi connectivity index (χ1v) is 4.92. The highest BCUT2D eigenvalue weighted by Crippen LogP contribution is 2.29. The summed E-state index contributed by atoms with van der Waals surface area (Å²) in [6.45, 7) is 4.02. The third-order valence-corrected chi connectivity index (χ3v) is 2.97. The van der Waals surface area contributed by atoms with Crippen LogP contribution in [0.5, 0.6) is 0 Å². The summed E-state index contributed by atoms with van der Waals surface area (Å²) >= 11 is 1.52. The number of nitrogens with one attached hydrogen (secondary N) is 1. The Labute approximate surface area is 87.7 Å². The maximum Gasteiger partial charge on any atom is 0.104 e. The minimum absolute atomic E-state index is 0.654. The Kier molecular flexibility index (Phi) is 5.34. The molecule has 1 aromatic heterocycles. The molecule has 5 N–H and O–H groups in total. The number of nitrogens with zero attached hydrogens (tertiary/aromatic N) is 1. The fourth-order valence-corrected chi connectivity index (χ4v) is 2.03. The van der Waals surface area contributed by atoms with Gasteiger partial charge in [-0.3, -0.25) is 5.41 Å². The third kappa shape index (κ3) is 2.75. The predicted molar refractivity (Wildman–Crippen MR) is 60.5 cm³/mol. The standard InChI is InChI=1S/C8H10N2S.CH4N2/c1-3-7-5(2)6(4-9)8(10)11-7;2-1-3/h3,10H2,1-2H3;1H,(H3,2,3). The number of rotatable bonds is 1. The van der Waals surface area contributed by atoms with E-state index in [4.69, 9.17) is 16.4 Å². The minimum Gasteiger partial charge on any atom is -0.390 e. The zero-order valence-electron chi connectivity index (χ0n) is 8.29. The van der Waals surface area contributed by atoms with Crippen molar-refractivity contribution in [3.05, 3.63) is 16.0 Å². The van der Waals surface area contributed by atoms with Gasteiger partial charge in [0.05, 0.1) is 11.9 Å². The van der Waals surface area contributed by atoms with Gasteiger partial charge in [-0.15, -0.1) is 11.3 Å². The van der Waals surface area contributed by atoms with Crippen LogP contribution in [0.15, 0.2) is 0 Å². The highest BCUT2D eigenvalue weighted by Gasteiger charge is 2.09. The van der Waals surface area contributed by atoms with E-state index in [0.29, 0.717) is 10.6 Å². The molecule has 0 aromatic carbocycles. The normalized spacial score (nSPS) is 8.36. The summed E-state index contributed by atoms with van der Waals surface area (Å²) in [5.74, 6) is 0. The van der Waals surface area contributed by atoms with Crippen molar-refractivity contribution in [3.8, 4) is 6.07 Å². The molecule has 0 saturated carbocycles. The largest absolute Gasteiger partial charge is 0.390 e. The van der Waals surface area contributed by atoms with Gasteiger partial charge in [0.2, 0.25) is 0 Å². The van der Waals surface area contributed by atoms with Gasteiger partial charge < -0.3 is 11.5 Å².